The zero-order valence-corrected chi connectivity index (χ0v) is 6.27. The van der Waals surface area contributed by atoms with Crippen LogP contribution in [0.25, 0.3) is 0 Å². The van der Waals surface area contributed by atoms with Gasteiger partial charge in [0.25, 0.3) is 0 Å². The van der Waals surface area contributed by atoms with E-state index in [2.05, 4.69) is 9.97 Å². The van der Waals surface area contributed by atoms with E-state index in [9.17, 15) is 9.59 Å². The number of hydrogen-bond donors (Lipinski definition) is 3. The number of aromatic amines is 2. The second-order valence-corrected chi connectivity index (χ2v) is 2.42. The molecule has 0 aliphatic carbocycles. The summed E-state index contributed by atoms with van der Waals surface area (Å²) in [6.07, 6.45) is 1.35. The van der Waals surface area contributed by atoms with Crippen molar-refractivity contribution in [3.8, 4) is 0 Å². The Morgan fingerprint density at radius 3 is 2.73 bits per heavy atom. The van der Waals surface area contributed by atoms with Crippen molar-refractivity contribution in [2.24, 2.45) is 0 Å². The molecule has 6 heteroatoms. The molecule has 0 atom stereocenters. The lowest BCUT2D eigenvalue weighted by molar-refractivity contribution is 0.662. The van der Waals surface area contributed by atoms with Crippen molar-refractivity contribution in [1.29, 1.82) is 0 Å². The summed E-state index contributed by atoms with van der Waals surface area (Å²) in [6, 6.07) is 0. The Morgan fingerprint density at radius 2 is 2.18 bits per heavy atom. The third kappa shape index (κ3) is 1.95. The van der Waals surface area contributed by atoms with Gasteiger partial charge in [0.2, 0.25) is 0 Å². The normalized spacial score (nSPS) is 9.91. The minimum Gasteiger partial charge on any atom is -0.330 e. The molecule has 1 rings (SSSR count). The van der Waals surface area contributed by atoms with E-state index >= 15 is 0 Å². The molecule has 5 nitrogen and oxygen atoms in total. The van der Waals surface area contributed by atoms with Gasteiger partial charge in [-0.25, -0.2) is 0 Å². The highest BCUT2D eigenvalue weighted by Crippen LogP contribution is 2.00. The fourth-order valence-electron chi connectivity index (χ4n) is 0.604. The third-order valence-electron chi connectivity index (χ3n) is 1.08. The molecule has 0 amide bonds. The van der Waals surface area contributed by atoms with Crippen molar-refractivity contribution < 1.29 is 4.55 Å². The van der Waals surface area contributed by atoms with Crippen LogP contribution >= 0.6 is 12.0 Å². The average molecular weight is 174 g/mol. The number of hydrogen-bond acceptors (Lipinski definition) is 4. The molecule has 0 radical (unpaired) electrons. The Bertz CT molecular complexity index is 342. The lowest BCUT2D eigenvalue weighted by atomic mass is 10.5. The number of H-pyrrole nitrogens is 2. The van der Waals surface area contributed by atoms with Crippen LogP contribution in [0.5, 0.6) is 0 Å². The van der Waals surface area contributed by atoms with Crippen LogP contribution in [-0.4, -0.2) is 14.5 Å². The van der Waals surface area contributed by atoms with E-state index in [0.717, 1.165) is 0 Å². The van der Waals surface area contributed by atoms with Crippen molar-refractivity contribution in [1.82, 2.24) is 9.97 Å². The van der Waals surface area contributed by atoms with E-state index in [1.807, 2.05) is 0 Å². The SMILES string of the molecule is O=c1[nH]cc(CSO)[nH]c1=O. The topological polar surface area (TPSA) is 85.9 Å². The van der Waals surface area contributed by atoms with Crippen molar-refractivity contribution in [3.05, 3.63) is 32.6 Å². The van der Waals surface area contributed by atoms with E-state index in [4.69, 9.17) is 4.55 Å². The molecule has 0 unspecified atom stereocenters. The van der Waals surface area contributed by atoms with E-state index in [1.54, 1.807) is 0 Å². The molecule has 1 aromatic rings. The molecule has 0 bridgehead atoms. The van der Waals surface area contributed by atoms with Gasteiger partial charge in [-0.15, -0.1) is 0 Å². The predicted octanol–water partition coefficient (Wildman–Crippen LogP) is -0.231. The zero-order chi connectivity index (χ0) is 8.27. The van der Waals surface area contributed by atoms with Gasteiger partial charge in [0.1, 0.15) is 0 Å². The molecule has 1 aromatic heterocycles. The van der Waals surface area contributed by atoms with Crippen LogP contribution in [0.3, 0.4) is 0 Å². The van der Waals surface area contributed by atoms with Gasteiger partial charge in [-0.3, -0.25) is 9.59 Å². The van der Waals surface area contributed by atoms with Crippen molar-refractivity contribution in [2.45, 2.75) is 5.75 Å². The third-order valence-corrected chi connectivity index (χ3v) is 1.52. The summed E-state index contributed by atoms with van der Waals surface area (Å²) < 4.78 is 8.38. The van der Waals surface area contributed by atoms with Crippen LogP contribution in [0.1, 0.15) is 5.69 Å². The molecule has 1 heterocycles. The summed E-state index contributed by atoms with van der Waals surface area (Å²) in [5, 5.41) is 0. The van der Waals surface area contributed by atoms with Crippen LogP contribution in [0.15, 0.2) is 15.8 Å². The first-order valence-corrected chi connectivity index (χ1v) is 3.75. The molecular formula is C5H6N2O3S. The van der Waals surface area contributed by atoms with Gasteiger partial charge in [-0.05, 0) is 12.0 Å². The van der Waals surface area contributed by atoms with E-state index in [0.29, 0.717) is 17.7 Å². The number of nitrogens with one attached hydrogen (secondary N) is 2. The summed E-state index contributed by atoms with van der Waals surface area (Å²) >= 11 is 0.577. The molecule has 3 N–H and O–H groups in total. The first-order valence-electron chi connectivity index (χ1n) is 2.81. The van der Waals surface area contributed by atoms with Crippen LogP contribution in [-0.2, 0) is 5.75 Å². The van der Waals surface area contributed by atoms with Gasteiger partial charge < -0.3 is 14.5 Å². The Labute approximate surface area is 65.7 Å². The number of rotatable bonds is 2. The zero-order valence-electron chi connectivity index (χ0n) is 5.46. The van der Waals surface area contributed by atoms with Crippen molar-refractivity contribution in [2.75, 3.05) is 0 Å². The van der Waals surface area contributed by atoms with Crippen LogP contribution in [0.2, 0.25) is 0 Å². The molecule has 0 aliphatic heterocycles. The first kappa shape index (κ1) is 8.09. The van der Waals surface area contributed by atoms with Gasteiger partial charge in [-0.2, -0.15) is 0 Å². The maximum atomic E-state index is 10.6. The standard InChI is InChI=1S/C5H6N2O3S/c8-4-5(9)7-3(1-6-4)2-11-10/h1,10H,2H2,(H,6,8)(H,7,9). The highest BCUT2D eigenvalue weighted by Gasteiger charge is 1.95. The Kier molecular flexibility index (Phi) is 2.50. The molecule has 0 saturated carbocycles. The maximum Gasteiger partial charge on any atom is 0.313 e. The minimum absolute atomic E-state index is 0.256. The van der Waals surface area contributed by atoms with E-state index in [1.165, 1.54) is 6.20 Å². The van der Waals surface area contributed by atoms with Gasteiger partial charge in [0.15, 0.2) is 0 Å². The minimum atomic E-state index is -0.698. The first-order chi connectivity index (χ1) is 5.24. The van der Waals surface area contributed by atoms with Gasteiger partial charge in [0.05, 0.1) is 5.75 Å². The monoisotopic (exact) mass is 174 g/mol. The number of aromatic nitrogens is 2. The molecule has 60 valence electrons. The van der Waals surface area contributed by atoms with Crippen LogP contribution in [0, 0.1) is 0 Å². The van der Waals surface area contributed by atoms with Crippen molar-refractivity contribution in [3.63, 3.8) is 0 Å². The lowest BCUT2D eigenvalue weighted by Gasteiger charge is -1.93. The quantitative estimate of drug-likeness (QED) is 0.427. The Morgan fingerprint density at radius 1 is 1.45 bits per heavy atom. The van der Waals surface area contributed by atoms with Gasteiger partial charge in [-0.1, -0.05) is 0 Å². The summed E-state index contributed by atoms with van der Waals surface area (Å²) in [7, 11) is 0. The van der Waals surface area contributed by atoms with Gasteiger partial charge in [0, 0.05) is 11.9 Å². The fraction of sp³-hybridized carbons (Fsp3) is 0.200. The van der Waals surface area contributed by atoms with E-state index in [-0.39, 0.29) is 5.75 Å². The average Bonchev–Trinajstić information content (AvgIpc) is 1.98. The molecular weight excluding hydrogens is 168 g/mol. The summed E-state index contributed by atoms with van der Waals surface area (Å²) in [4.78, 5) is 25.7. The van der Waals surface area contributed by atoms with Crippen LogP contribution < -0.4 is 11.1 Å². The highest BCUT2D eigenvalue weighted by molar-refractivity contribution is 7.92. The largest absolute Gasteiger partial charge is 0.330 e. The fourth-order valence-corrected chi connectivity index (χ4v) is 0.899. The van der Waals surface area contributed by atoms with Gasteiger partial charge >= 0.3 is 11.1 Å². The molecule has 11 heavy (non-hydrogen) atoms. The summed E-state index contributed by atoms with van der Waals surface area (Å²) in [6.45, 7) is 0. The van der Waals surface area contributed by atoms with Crippen molar-refractivity contribution >= 4 is 12.0 Å². The van der Waals surface area contributed by atoms with Crippen LogP contribution in [0.4, 0.5) is 0 Å². The Hall–Kier alpha value is -1.01. The van der Waals surface area contributed by atoms with E-state index < -0.39 is 11.1 Å². The summed E-state index contributed by atoms with van der Waals surface area (Å²) in [5.41, 5.74) is -0.893. The highest BCUT2D eigenvalue weighted by atomic mass is 32.2. The smallest absolute Gasteiger partial charge is 0.313 e. The molecule has 0 saturated heterocycles. The predicted molar refractivity (Wildman–Crippen MR) is 41.6 cm³/mol. The molecule has 0 aliphatic rings. The maximum absolute atomic E-state index is 10.6. The second kappa shape index (κ2) is 3.40. The lowest BCUT2D eigenvalue weighted by Crippen LogP contribution is -2.29. The molecule has 0 aromatic carbocycles. The molecule has 0 spiro atoms. The molecule has 0 fully saturated rings. The Balaban J connectivity index is 3.06. The second-order valence-electron chi connectivity index (χ2n) is 1.87. The summed E-state index contributed by atoms with van der Waals surface area (Å²) in [5.74, 6) is 0.256.